The van der Waals surface area contributed by atoms with Crippen LogP contribution in [0.3, 0.4) is 0 Å². The molecule has 1 atom stereocenters. The zero-order valence-corrected chi connectivity index (χ0v) is 23.1. The van der Waals surface area contributed by atoms with E-state index in [0.717, 1.165) is 57.6 Å². The largest absolute Gasteiger partial charge is 0.553 e. The van der Waals surface area contributed by atoms with Crippen molar-refractivity contribution in [1.29, 1.82) is 0 Å². The van der Waals surface area contributed by atoms with Gasteiger partial charge in [0.2, 0.25) is 0 Å². The molecule has 1 radical (unpaired) electrons. The Hall–Kier alpha value is -4.11. The van der Waals surface area contributed by atoms with Crippen LogP contribution in [0.4, 0.5) is 11.5 Å². The van der Waals surface area contributed by atoms with Gasteiger partial charge in [0.15, 0.2) is 0 Å². The molecular formula is C31H35BN6O2+. The number of allylic oxidation sites excluding steroid dienone is 2. The molecule has 1 saturated carbocycles. The summed E-state index contributed by atoms with van der Waals surface area (Å²) in [6, 6.07) is 12.5. The molecule has 0 saturated heterocycles. The average molecular weight is 534 g/mol. The fourth-order valence-electron chi connectivity index (χ4n) is 6.34. The number of methoxy groups -OCH3 is 2. The van der Waals surface area contributed by atoms with E-state index in [1.807, 2.05) is 12.1 Å². The van der Waals surface area contributed by atoms with Gasteiger partial charge in [0.25, 0.3) is 5.84 Å². The van der Waals surface area contributed by atoms with E-state index in [-0.39, 0.29) is 6.10 Å². The molecule has 4 heterocycles. The number of hydrogen-bond acceptors (Lipinski definition) is 4. The number of nitrogen functional groups attached to an aromatic ring is 1. The van der Waals surface area contributed by atoms with Gasteiger partial charge < -0.3 is 25.0 Å². The molecule has 203 valence electrons. The summed E-state index contributed by atoms with van der Waals surface area (Å²) in [6.45, 7) is 0.626. The molecule has 40 heavy (non-hydrogen) atoms. The van der Waals surface area contributed by atoms with E-state index in [4.69, 9.17) is 15.2 Å². The lowest BCUT2D eigenvalue weighted by molar-refractivity contribution is -0.316. The normalized spacial score (nSPS) is 20.4. The zero-order valence-electron chi connectivity index (χ0n) is 23.1. The Morgan fingerprint density at radius 1 is 1.10 bits per heavy atom. The van der Waals surface area contributed by atoms with Crippen LogP contribution in [0, 0.1) is 0 Å². The summed E-state index contributed by atoms with van der Waals surface area (Å²) in [5, 5.41) is 7.28. The van der Waals surface area contributed by atoms with Crippen molar-refractivity contribution in [1.82, 2.24) is 14.3 Å². The van der Waals surface area contributed by atoms with Crippen molar-refractivity contribution in [2.75, 3.05) is 31.8 Å². The number of aromatic amines is 1. The summed E-state index contributed by atoms with van der Waals surface area (Å²) in [4.78, 5) is 0. The highest BCUT2D eigenvalue weighted by Crippen LogP contribution is 2.37. The number of anilines is 2. The SMILES string of the molecule is COC1=CCC(OC)C=C1CNc1ccc2n1[B][N+]1=C(n3cc(C4CCCC4)[nH]3)C=CC1=C2c1ccc(N)cc1. The molecule has 8 nitrogen and oxygen atoms in total. The summed E-state index contributed by atoms with van der Waals surface area (Å²) in [5.74, 6) is 3.64. The Labute approximate surface area is 235 Å². The third kappa shape index (κ3) is 4.25. The molecule has 4 aliphatic rings. The van der Waals surface area contributed by atoms with Crippen LogP contribution in [-0.4, -0.2) is 59.0 Å². The molecule has 2 aliphatic carbocycles. The first-order valence-electron chi connectivity index (χ1n) is 14.1. The van der Waals surface area contributed by atoms with Crippen molar-refractivity contribution in [3.63, 3.8) is 0 Å². The summed E-state index contributed by atoms with van der Waals surface area (Å²) < 4.78 is 17.9. The van der Waals surface area contributed by atoms with Gasteiger partial charge in [-0.15, -0.1) is 4.68 Å². The number of hydrogen-bond donors (Lipinski definition) is 3. The number of nitrogens with zero attached hydrogens (tertiary/aromatic N) is 3. The first kappa shape index (κ1) is 24.9. The molecule has 2 aliphatic heterocycles. The van der Waals surface area contributed by atoms with Crippen molar-refractivity contribution in [3.05, 3.63) is 101 Å². The van der Waals surface area contributed by atoms with Gasteiger partial charge in [-0.2, -0.15) is 0 Å². The molecule has 1 aromatic carbocycles. The minimum absolute atomic E-state index is 0.0603. The summed E-state index contributed by atoms with van der Waals surface area (Å²) in [5.41, 5.74) is 13.8. The topological polar surface area (TPSA) is 85.2 Å². The van der Waals surface area contributed by atoms with E-state index in [1.54, 1.807) is 14.2 Å². The Kier molecular flexibility index (Phi) is 6.31. The number of benzene rings is 1. The van der Waals surface area contributed by atoms with E-state index in [0.29, 0.717) is 12.5 Å². The smallest absolute Gasteiger partial charge is 0.497 e. The molecule has 2 aromatic heterocycles. The summed E-state index contributed by atoms with van der Waals surface area (Å²) >= 11 is 0. The van der Waals surface area contributed by atoms with Crippen molar-refractivity contribution in [3.8, 4) is 0 Å². The second-order valence-corrected chi connectivity index (χ2v) is 10.9. The van der Waals surface area contributed by atoms with Crippen LogP contribution in [0.1, 0.15) is 55.0 Å². The quantitative estimate of drug-likeness (QED) is 0.300. The van der Waals surface area contributed by atoms with E-state index < -0.39 is 0 Å². The Balaban J connectivity index is 1.25. The Morgan fingerprint density at radius 2 is 1.90 bits per heavy atom. The molecule has 0 bridgehead atoms. The Morgan fingerprint density at radius 3 is 2.65 bits per heavy atom. The van der Waals surface area contributed by atoms with E-state index >= 15 is 0 Å². The van der Waals surface area contributed by atoms with Crippen LogP contribution in [0.2, 0.25) is 0 Å². The van der Waals surface area contributed by atoms with Crippen LogP contribution in [0.25, 0.3) is 5.57 Å². The van der Waals surface area contributed by atoms with Gasteiger partial charge in [0.05, 0.1) is 24.7 Å². The lowest BCUT2D eigenvalue weighted by Gasteiger charge is -2.24. The monoisotopic (exact) mass is 534 g/mol. The lowest BCUT2D eigenvalue weighted by atomic mass is 9.92. The fraction of sp³-hybridized carbons (Fsp3) is 0.323. The number of fused-ring (bicyclic) bond motifs is 2. The third-order valence-electron chi connectivity index (χ3n) is 8.54. The molecule has 7 rings (SSSR count). The van der Waals surface area contributed by atoms with E-state index in [2.05, 4.69) is 86.4 Å². The average Bonchev–Trinajstić information content (AvgIpc) is 3.72. The van der Waals surface area contributed by atoms with Gasteiger partial charge in [-0.1, -0.05) is 25.0 Å². The van der Waals surface area contributed by atoms with Crippen LogP contribution < -0.4 is 11.1 Å². The standard InChI is InChI=1S/C31H35BN6O2/c1-39-24-11-14-28(40-2)22(17-24)18-34-29-15-12-26-31(21-7-9-23(33)10-8-21)27-13-16-30(38(27)32-37(26)29)36-19-25(35-36)20-5-3-4-6-20/h7-10,12-17,19-20,24,34-35H,3-6,11,18,33H2,1-2H3/q+1. The number of ether oxygens (including phenoxy) is 2. The first-order chi connectivity index (χ1) is 19.6. The maximum Gasteiger partial charge on any atom is 0.553 e. The zero-order chi connectivity index (χ0) is 27.2. The van der Waals surface area contributed by atoms with Crippen molar-refractivity contribution >= 4 is 30.5 Å². The second-order valence-electron chi connectivity index (χ2n) is 10.9. The van der Waals surface area contributed by atoms with Gasteiger partial charge in [-0.3, -0.25) is 4.49 Å². The van der Waals surface area contributed by atoms with Crippen LogP contribution in [0.15, 0.2) is 83.9 Å². The number of aromatic nitrogens is 3. The molecule has 3 aromatic rings. The predicted molar refractivity (Wildman–Crippen MR) is 159 cm³/mol. The van der Waals surface area contributed by atoms with Gasteiger partial charge in [-0.25, -0.2) is 5.10 Å². The highest BCUT2D eigenvalue weighted by atomic mass is 16.5. The Bertz CT molecular complexity index is 1580. The minimum atomic E-state index is 0.0603. The van der Waals surface area contributed by atoms with Crippen molar-refractivity contribution in [2.45, 2.75) is 44.1 Å². The van der Waals surface area contributed by atoms with Crippen molar-refractivity contribution < 1.29 is 14.0 Å². The minimum Gasteiger partial charge on any atom is -0.497 e. The van der Waals surface area contributed by atoms with Gasteiger partial charge in [0, 0.05) is 48.2 Å². The van der Waals surface area contributed by atoms with Crippen LogP contribution in [0.5, 0.6) is 0 Å². The number of H-pyrrole nitrogens is 1. The highest BCUT2D eigenvalue weighted by molar-refractivity contribution is 6.30. The van der Waals surface area contributed by atoms with E-state index in [9.17, 15) is 0 Å². The predicted octanol–water partition coefficient (Wildman–Crippen LogP) is 4.83. The summed E-state index contributed by atoms with van der Waals surface area (Å²) in [7, 11) is 5.64. The maximum absolute atomic E-state index is 6.05. The molecule has 4 N–H and O–H groups in total. The molecular weight excluding hydrogens is 499 g/mol. The van der Waals surface area contributed by atoms with Crippen LogP contribution >= 0.6 is 0 Å². The molecule has 1 fully saturated rings. The highest BCUT2D eigenvalue weighted by Gasteiger charge is 2.36. The molecule has 0 spiro atoms. The van der Waals surface area contributed by atoms with Crippen LogP contribution in [-0.2, 0) is 9.47 Å². The molecule has 9 heteroatoms. The molecule has 0 amide bonds. The second kappa shape index (κ2) is 10.1. The fourth-order valence-corrected chi connectivity index (χ4v) is 6.34. The van der Waals surface area contributed by atoms with Crippen molar-refractivity contribution in [2.24, 2.45) is 0 Å². The first-order valence-corrected chi connectivity index (χ1v) is 14.1. The number of rotatable bonds is 7. The molecule has 1 unspecified atom stereocenters. The maximum atomic E-state index is 6.05. The summed E-state index contributed by atoms with van der Waals surface area (Å²) in [6.07, 6.45) is 17.0. The van der Waals surface area contributed by atoms with Gasteiger partial charge >= 0.3 is 7.55 Å². The number of nitrogens with two attached hydrogens (primary N) is 1. The lowest BCUT2D eigenvalue weighted by Crippen LogP contribution is -2.36. The van der Waals surface area contributed by atoms with E-state index in [1.165, 1.54) is 31.4 Å². The third-order valence-corrected chi connectivity index (χ3v) is 8.54. The number of nitrogens with one attached hydrogen (secondary N) is 2. The van der Waals surface area contributed by atoms with Gasteiger partial charge in [-0.05, 0) is 67.3 Å². The van der Waals surface area contributed by atoms with Gasteiger partial charge in [0.1, 0.15) is 17.7 Å².